The van der Waals surface area contributed by atoms with Gasteiger partial charge in [0.15, 0.2) is 28.6 Å². The summed E-state index contributed by atoms with van der Waals surface area (Å²) in [5, 5.41) is 0. The lowest BCUT2D eigenvalue weighted by molar-refractivity contribution is -0.167. The maximum Gasteiger partial charge on any atom is 0.309 e. The Morgan fingerprint density at radius 3 is 2.00 bits per heavy atom. The van der Waals surface area contributed by atoms with Gasteiger partial charge in [0.1, 0.15) is 6.10 Å². The summed E-state index contributed by atoms with van der Waals surface area (Å²) in [5.74, 6) is -2.14. The molecule has 2 aromatic carbocycles. The first-order chi connectivity index (χ1) is 18.7. The van der Waals surface area contributed by atoms with Gasteiger partial charge in [-0.25, -0.2) is 4.98 Å². The molecule has 9 nitrogen and oxygen atoms in total. The van der Waals surface area contributed by atoms with Crippen LogP contribution < -0.4 is 9.47 Å². The standard InChI is InChI=1S/C30H33NO8/c1-20(18-25(33)27-28(38-19-37-22(3)32)26(35-4)16-17-31-27)29(34)39-21(2)30(36-5,23-12-8-6-9-13-23)24-14-10-7-11-15-24/h6-17,20-21H,18-19H2,1-5H3/t20-,21+/m1/s1. The fourth-order valence-corrected chi connectivity index (χ4v) is 4.34. The highest BCUT2D eigenvalue weighted by atomic mass is 16.7. The summed E-state index contributed by atoms with van der Waals surface area (Å²) in [6.45, 7) is 4.18. The number of nitrogens with zero attached hydrogens (tertiary/aromatic N) is 1. The minimum atomic E-state index is -1.08. The van der Waals surface area contributed by atoms with Crippen LogP contribution >= 0.6 is 0 Å². The fourth-order valence-electron chi connectivity index (χ4n) is 4.34. The summed E-state index contributed by atoms with van der Waals surface area (Å²) >= 11 is 0. The van der Waals surface area contributed by atoms with Gasteiger partial charge in [-0.2, -0.15) is 0 Å². The largest absolute Gasteiger partial charge is 0.493 e. The van der Waals surface area contributed by atoms with Gasteiger partial charge in [-0.15, -0.1) is 0 Å². The molecule has 1 aromatic heterocycles. The summed E-state index contributed by atoms with van der Waals surface area (Å²) in [5.41, 5.74) is 0.512. The van der Waals surface area contributed by atoms with E-state index < -0.39 is 42.1 Å². The Kier molecular flexibility index (Phi) is 10.2. The Hall–Kier alpha value is -4.24. The summed E-state index contributed by atoms with van der Waals surface area (Å²) in [6, 6.07) is 20.5. The molecule has 1 heterocycles. The van der Waals surface area contributed by atoms with Crippen molar-refractivity contribution in [1.82, 2.24) is 4.98 Å². The molecule has 0 fully saturated rings. The average Bonchev–Trinajstić information content (AvgIpc) is 2.94. The Morgan fingerprint density at radius 2 is 1.49 bits per heavy atom. The maximum atomic E-state index is 13.2. The Morgan fingerprint density at radius 1 is 0.897 bits per heavy atom. The summed E-state index contributed by atoms with van der Waals surface area (Å²) < 4.78 is 27.6. The summed E-state index contributed by atoms with van der Waals surface area (Å²) in [7, 11) is 2.98. The van der Waals surface area contributed by atoms with Gasteiger partial charge in [0, 0.05) is 32.7 Å². The number of Topliss-reactive ketones (excluding diaryl/α,β-unsaturated/α-hetero) is 1. The first-order valence-electron chi connectivity index (χ1n) is 12.4. The van der Waals surface area contributed by atoms with E-state index in [2.05, 4.69) is 4.98 Å². The van der Waals surface area contributed by atoms with Gasteiger partial charge in [0.2, 0.25) is 6.79 Å². The van der Waals surface area contributed by atoms with E-state index in [0.29, 0.717) is 0 Å². The van der Waals surface area contributed by atoms with E-state index in [1.165, 1.54) is 26.3 Å². The summed E-state index contributed by atoms with van der Waals surface area (Å²) in [6.07, 6.45) is 0.448. The van der Waals surface area contributed by atoms with Gasteiger partial charge in [0.25, 0.3) is 0 Å². The van der Waals surface area contributed by atoms with Crippen molar-refractivity contribution in [3.8, 4) is 11.5 Å². The van der Waals surface area contributed by atoms with Crippen molar-refractivity contribution >= 4 is 17.7 Å². The number of aromatic nitrogens is 1. The molecule has 0 radical (unpaired) electrons. The van der Waals surface area contributed by atoms with Crippen LogP contribution in [0.1, 0.15) is 48.8 Å². The van der Waals surface area contributed by atoms with Crippen molar-refractivity contribution in [2.75, 3.05) is 21.0 Å². The Balaban J connectivity index is 1.80. The highest BCUT2D eigenvalue weighted by Gasteiger charge is 2.43. The molecule has 206 valence electrons. The van der Waals surface area contributed by atoms with Crippen LogP contribution in [-0.4, -0.2) is 49.8 Å². The molecule has 3 aromatic rings. The van der Waals surface area contributed by atoms with Crippen molar-refractivity contribution in [3.05, 3.63) is 89.7 Å². The minimum Gasteiger partial charge on any atom is -0.493 e. The monoisotopic (exact) mass is 535 g/mol. The molecule has 0 saturated heterocycles. The van der Waals surface area contributed by atoms with Crippen LogP contribution in [-0.2, 0) is 29.4 Å². The predicted octanol–water partition coefficient (Wildman–Crippen LogP) is 4.72. The van der Waals surface area contributed by atoms with Crippen LogP contribution in [0, 0.1) is 5.92 Å². The van der Waals surface area contributed by atoms with Gasteiger partial charge in [-0.1, -0.05) is 67.6 Å². The molecular weight excluding hydrogens is 502 g/mol. The zero-order chi connectivity index (χ0) is 28.4. The quantitative estimate of drug-likeness (QED) is 0.174. The molecule has 0 amide bonds. The first-order valence-corrected chi connectivity index (χ1v) is 12.4. The molecule has 9 heteroatoms. The number of rotatable bonds is 13. The van der Waals surface area contributed by atoms with E-state index >= 15 is 0 Å². The van der Waals surface area contributed by atoms with Crippen LogP contribution in [0.3, 0.4) is 0 Å². The van der Waals surface area contributed by atoms with E-state index in [9.17, 15) is 14.4 Å². The minimum absolute atomic E-state index is 0.0201. The van der Waals surface area contributed by atoms with Gasteiger partial charge in [0.05, 0.1) is 13.0 Å². The second-order valence-electron chi connectivity index (χ2n) is 8.87. The third-order valence-corrected chi connectivity index (χ3v) is 6.30. The smallest absolute Gasteiger partial charge is 0.309 e. The number of ether oxygens (including phenoxy) is 5. The third kappa shape index (κ3) is 6.80. The van der Waals surface area contributed by atoms with E-state index in [0.717, 1.165) is 11.1 Å². The molecule has 3 rings (SSSR count). The lowest BCUT2D eigenvalue weighted by Crippen LogP contribution is -2.44. The van der Waals surface area contributed by atoms with Crippen molar-refractivity contribution in [1.29, 1.82) is 0 Å². The molecule has 0 spiro atoms. The number of methoxy groups -OCH3 is 2. The van der Waals surface area contributed by atoms with Crippen molar-refractivity contribution in [2.24, 2.45) is 5.92 Å². The maximum absolute atomic E-state index is 13.2. The number of hydrogen-bond acceptors (Lipinski definition) is 9. The number of carbonyl (C=O) groups excluding carboxylic acids is 3. The number of hydrogen-bond donors (Lipinski definition) is 0. The highest BCUT2D eigenvalue weighted by molar-refractivity contribution is 5.99. The van der Waals surface area contributed by atoms with E-state index in [1.54, 1.807) is 21.0 Å². The van der Waals surface area contributed by atoms with Gasteiger partial charge < -0.3 is 23.7 Å². The molecular formula is C30H33NO8. The number of carbonyl (C=O) groups is 3. The van der Waals surface area contributed by atoms with Gasteiger partial charge in [-0.3, -0.25) is 14.4 Å². The number of pyridine rings is 1. The Bertz CT molecular complexity index is 1220. The van der Waals surface area contributed by atoms with Crippen molar-refractivity contribution in [3.63, 3.8) is 0 Å². The van der Waals surface area contributed by atoms with Crippen molar-refractivity contribution in [2.45, 2.75) is 38.9 Å². The highest BCUT2D eigenvalue weighted by Crippen LogP contribution is 2.38. The fraction of sp³-hybridized carbons (Fsp3) is 0.333. The van der Waals surface area contributed by atoms with Crippen LogP contribution in [0.4, 0.5) is 0 Å². The predicted molar refractivity (Wildman–Crippen MR) is 142 cm³/mol. The molecule has 0 saturated carbocycles. The SMILES string of the molecule is COc1ccnc(C(=O)C[C@@H](C)C(=O)O[C@@H](C)C(OC)(c2ccccc2)c2ccccc2)c1OCOC(C)=O. The second kappa shape index (κ2) is 13.5. The molecule has 2 atom stereocenters. The van der Waals surface area contributed by atoms with E-state index in [4.69, 9.17) is 23.7 Å². The molecule has 0 aliphatic heterocycles. The van der Waals surface area contributed by atoms with Crippen LogP contribution in [0.25, 0.3) is 0 Å². The lowest BCUT2D eigenvalue weighted by Gasteiger charge is -2.38. The van der Waals surface area contributed by atoms with E-state index in [-0.39, 0.29) is 23.6 Å². The van der Waals surface area contributed by atoms with E-state index in [1.807, 2.05) is 60.7 Å². The normalized spacial score (nSPS) is 12.6. The summed E-state index contributed by atoms with van der Waals surface area (Å²) in [4.78, 5) is 41.7. The molecule has 0 unspecified atom stereocenters. The van der Waals surface area contributed by atoms with Crippen LogP contribution in [0.15, 0.2) is 72.9 Å². The number of benzene rings is 2. The zero-order valence-electron chi connectivity index (χ0n) is 22.7. The number of esters is 2. The van der Waals surface area contributed by atoms with Crippen LogP contribution in [0.5, 0.6) is 11.5 Å². The first kappa shape index (κ1) is 29.3. The molecule has 0 aliphatic carbocycles. The lowest BCUT2D eigenvalue weighted by atomic mass is 9.81. The average molecular weight is 536 g/mol. The zero-order valence-corrected chi connectivity index (χ0v) is 22.7. The molecule has 0 N–H and O–H groups in total. The van der Waals surface area contributed by atoms with Gasteiger partial charge in [-0.05, 0) is 18.1 Å². The molecule has 39 heavy (non-hydrogen) atoms. The third-order valence-electron chi connectivity index (χ3n) is 6.30. The van der Waals surface area contributed by atoms with Gasteiger partial charge >= 0.3 is 11.9 Å². The topological polar surface area (TPSA) is 110 Å². The van der Waals surface area contributed by atoms with Crippen molar-refractivity contribution < 1.29 is 38.1 Å². The number of ketones is 1. The second-order valence-corrected chi connectivity index (χ2v) is 8.87. The molecule has 0 bridgehead atoms. The molecule has 0 aliphatic rings. The Labute approximate surface area is 228 Å². The van der Waals surface area contributed by atoms with Crippen LogP contribution in [0.2, 0.25) is 0 Å².